The number of aromatic nitrogens is 3. The Balaban J connectivity index is 0.00000169. The highest BCUT2D eigenvalue weighted by atomic mass is 35.5. The molecule has 0 amide bonds. The summed E-state index contributed by atoms with van der Waals surface area (Å²) >= 11 is 0. The highest BCUT2D eigenvalue weighted by Crippen LogP contribution is 2.41. The molecule has 41 heavy (non-hydrogen) atoms. The molecule has 1 aromatic carbocycles. The Hall–Kier alpha value is -2.33. The summed E-state index contributed by atoms with van der Waals surface area (Å²) in [5.74, 6) is 0.422. The summed E-state index contributed by atoms with van der Waals surface area (Å²) < 4.78 is 37.0. The number of pyridine rings is 1. The van der Waals surface area contributed by atoms with Crippen LogP contribution in [-0.2, 0) is 0 Å². The molecule has 3 aromatic rings. The topological polar surface area (TPSA) is 66.4 Å². The molecule has 0 saturated carbocycles. The number of piperazine rings is 1. The predicted molar refractivity (Wildman–Crippen MR) is 162 cm³/mol. The van der Waals surface area contributed by atoms with Gasteiger partial charge in [0.25, 0.3) is 0 Å². The third-order valence-electron chi connectivity index (χ3n) is 9.23. The van der Waals surface area contributed by atoms with E-state index >= 15 is 4.39 Å². The van der Waals surface area contributed by atoms with E-state index in [9.17, 15) is 4.39 Å². The molecule has 2 bridgehead atoms. The maximum absolute atomic E-state index is 16.4. The van der Waals surface area contributed by atoms with Crippen molar-refractivity contribution < 1.29 is 13.5 Å². The van der Waals surface area contributed by atoms with Crippen LogP contribution in [0.4, 0.5) is 14.6 Å². The summed E-state index contributed by atoms with van der Waals surface area (Å²) in [5.41, 5.74) is 1.99. The largest absolute Gasteiger partial charge is 0.461 e. The molecule has 4 atom stereocenters. The molecule has 2 aromatic heterocycles. The van der Waals surface area contributed by atoms with Crippen molar-refractivity contribution in [1.82, 2.24) is 25.2 Å². The van der Waals surface area contributed by atoms with Gasteiger partial charge in [0.2, 0.25) is 0 Å². The quantitative estimate of drug-likeness (QED) is 0.386. The molecule has 4 fully saturated rings. The van der Waals surface area contributed by atoms with Crippen LogP contribution in [0.1, 0.15) is 57.4 Å². The number of halogens is 4. The molecule has 222 valence electrons. The smallest absolute Gasteiger partial charge is 0.319 e. The van der Waals surface area contributed by atoms with E-state index in [0.717, 1.165) is 56.4 Å². The lowest BCUT2D eigenvalue weighted by molar-refractivity contribution is 0.107. The van der Waals surface area contributed by atoms with Crippen molar-refractivity contribution in [2.45, 2.75) is 75.7 Å². The first-order valence-electron chi connectivity index (χ1n) is 14.4. The summed E-state index contributed by atoms with van der Waals surface area (Å²) in [5, 5.41) is 4.25. The van der Waals surface area contributed by atoms with Crippen molar-refractivity contribution in [3.63, 3.8) is 0 Å². The zero-order valence-electron chi connectivity index (χ0n) is 23.5. The van der Waals surface area contributed by atoms with Crippen LogP contribution in [0.15, 0.2) is 30.5 Å². The molecular formula is C30H38Cl2F2N6O. The minimum Gasteiger partial charge on any atom is -0.461 e. The number of hydrogen-bond donors (Lipinski definition) is 1. The Kier molecular flexibility index (Phi) is 8.63. The first-order chi connectivity index (χ1) is 18.9. The van der Waals surface area contributed by atoms with Gasteiger partial charge in [-0.3, -0.25) is 9.88 Å². The van der Waals surface area contributed by atoms with Gasteiger partial charge in [-0.1, -0.05) is 38.1 Å². The maximum atomic E-state index is 16.4. The first-order valence-corrected chi connectivity index (χ1v) is 14.4. The predicted octanol–water partition coefficient (Wildman–Crippen LogP) is 5.69. The minimum atomic E-state index is -0.842. The third-order valence-corrected chi connectivity index (χ3v) is 9.23. The van der Waals surface area contributed by atoms with Gasteiger partial charge in [0.05, 0.1) is 10.9 Å². The molecule has 6 heterocycles. The molecule has 2 unspecified atom stereocenters. The van der Waals surface area contributed by atoms with Gasteiger partial charge in [-0.05, 0) is 43.7 Å². The lowest BCUT2D eigenvalue weighted by atomic mass is 9.94. The minimum absolute atomic E-state index is 0. The lowest BCUT2D eigenvalue weighted by Gasteiger charge is -2.34. The van der Waals surface area contributed by atoms with E-state index in [1.54, 1.807) is 6.20 Å². The average molecular weight is 608 g/mol. The van der Waals surface area contributed by atoms with Crippen LogP contribution < -0.4 is 15.0 Å². The average Bonchev–Trinajstić information content (AvgIpc) is 3.58. The van der Waals surface area contributed by atoms with E-state index in [1.807, 2.05) is 24.3 Å². The number of nitrogens with one attached hydrogen (secondary N) is 1. The van der Waals surface area contributed by atoms with Crippen molar-refractivity contribution in [1.29, 1.82) is 0 Å². The van der Waals surface area contributed by atoms with Crippen LogP contribution in [0.3, 0.4) is 0 Å². The number of hydrogen-bond acceptors (Lipinski definition) is 7. The number of nitrogens with zero attached hydrogens (tertiary/aromatic N) is 5. The van der Waals surface area contributed by atoms with Gasteiger partial charge in [-0.2, -0.15) is 9.97 Å². The fourth-order valence-electron chi connectivity index (χ4n) is 7.35. The van der Waals surface area contributed by atoms with Crippen LogP contribution in [0.5, 0.6) is 6.01 Å². The standard InChI is InChI=1S/C30H36F2N6O.2ClH/c1-18(2)22-6-3-4-7-23(22)26-25(32)27-24(13-33-26)28(37-15-20-8-9-21(16-37)34-20)36-29(35-27)39-17-30-10-5-11-38(30)14-19(31)12-30;;/h3-4,6-7,13,18-21,34H,5,8-12,14-17H2,1-2H3;2*1H/t19?,20-,21+,30?;;. The summed E-state index contributed by atoms with van der Waals surface area (Å²) in [4.78, 5) is 18.5. The normalized spacial score (nSPS) is 27.1. The fourth-order valence-corrected chi connectivity index (χ4v) is 7.35. The SMILES string of the molecule is CC(C)c1ccccc1-c1ncc2c(N3C[C@H]4CC[C@@H](C3)N4)nc(OCC34CCCN3CC(F)C4)nc2c1F.Cl.Cl. The van der Waals surface area contributed by atoms with Gasteiger partial charge < -0.3 is 15.0 Å². The Labute approximate surface area is 252 Å². The second-order valence-electron chi connectivity index (χ2n) is 12.2. The van der Waals surface area contributed by atoms with Gasteiger partial charge in [0.15, 0.2) is 5.82 Å². The number of rotatable bonds is 6. The van der Waals surface area contributed by atoms with E-state index < -0.39 is 12.0 Å². The van der Waals surface area contributed by atoms with Crippen LogP contribution in [0.25, 0.3) is 22.2 Å². The Morgan fingerprint density at radius 2 is 1.85 bits per heavy atom. The monoisotopic (exact) mass is 606 g/mol. The maximum Gasteiger partial charge on any atom is 0.319 e. The highest BCUT2D eigenvalue weighted by Gasteiger charge is 2.49. The molecule has 0 aliphatic carbocycles. The number of anilines is 1. The molecule has 4 saturated heterocycles. The van der Waals surface area contributed by atoms with Crippen LogP contribution in [0, 0.1) is 5.82 Å². The summed E-state index contributed by atoms with van der Waals surface area (Å²) in [6.07, 6.45) is 5.51. The number of fused-ring (bicyclic) bond motifs is 4. The van der Waals surface area contributed by atoms with Gasteiger partial charge in [-0.25, -0.2) is 8.78 Å². The van der Waals surface area contributed by atoms with Crippen LogP contribution in [0.2, 0.25) is 0 Å². The molecule has 4 aliphatic heterocycles. The zero-order valence-corrected chi connectivity index (χ0v) is 25.1. The van der Waals surface area contributed by atoms with Crippen molar-refractivity contribution in [2.75, 3.05) is 37.7 Å². The number of ether oxygens (including phenoxy) is 1. The Morgan fingerprint density at radius 1 is 1.10 bits per heavy atom. The van der Waals surface area contributed by atoms with E-state index in [4.69, 9.17) is 9.72 Å². The van der Waals surface area contributed by atoms with E-state index in [2.05, 4.69) is 38.9 Å². The zero-order chi connectivity index (χ0) is 26.7. The Bertz CT molecular complexity index is 1400. The number of benzene rings is 1. The Morgan fingerprint density at radius 3 is 2.61 bits per heavy atom. The summed E-state index contributed by atoms with van der Waals surface area (Å²) in [6, 6.07) is 8.75. The third kappa shape index (κ3) is 5.35. The molecule has 7 nitrogen and oxygen atoms in total. The second-order valence-corrected chi connectivity index (χ2v) is 12.2. The molecular weight excluding hydrogens is 569 g/mol. The fraction of sp³-hybridized carbons (Fsp3) is 0.567. The van der Waals surface area contributed by atoms with Gasteiger partial charge in [0, 0.05) is 49.9 Å². The van der Waals surface area contributed by atoms with E-state index in [-0.39, 0.29) is 47.8 Å². The van der Waals surface area contributed by atoms with Gasteiger partial charge in [0.1, 0.15) is 29.8 Å². The first kappa shape index (κ1) is 30.1. The van der Waals surface area contributed by atoms with Gasteiger partial charge >= 0.3 is 6.01 Å². The van der Waals surface area contributed by atoms with E-state index in [1.165, 1.54) is 0 Å². The lowest BCUT2D eigenvalue weighted by Crippen LogP contribution is -2.51. The highest BCUT2D eigenvalue weighted by molar-refractivity contribution is 5.92. The second kappa shape index (κ2) is 11.7. The summed E-state index contributed by atoms with van der Waals surface area (Å²) in [7, 11) is 0. The summed E-state index contributed by atoms with van der Waals surface area (Å²) in [6.45, 7) is 7.43. The van der Waals surface area contributed by atoms with Crippen molar-refractivity contribution in [3.8, 4) is 17.3 Å². The number of alkyl halides is 1. The molecule has 0 spiro atoms. The van der Waals surface area contributed by atoms with Crippen molar-refractivity contribution in [3.05, 3.63) is 41.8 Å². The van der Waals surface area contributed by atoms with Crippen LogP contribution >= 0.6 is 24.8 Å². The van der Waals surface area contributed by atoms with E-state index in [0.29, 0.717) is 48.6 Å². The van der Waals surface area contributed by atoms with Crippen molar-refractivity contribution >= 4 is 41.5 Å². The molecule has 0 radical (unpaired) electrons. The molecule has 1 N–H and O–H groups in total. The molecule has 4 aliphatic rings. The molecule has 7 rings (SSSR count). The van der Waals surface area contributed by atoms with Crippen molar-refractivity contribution in [2.24, 2.45) is 0 Å². The molecule has 11 heteroatoms. The van der Waals surface area contributed by atoms with Gasteiger partial charge in [-0.15, -0.1) is 24.8 Å². The van der Waals surface area contributed by atoms with Crippen LogP contribution in [-0.4, -0.2) is 76.4 Å².